The van der Waals surface area contributed by atoms with Crippen molar-refractivity contribution in [2.24, 2.45) is 17.8 Å². The average molecular weight is 611 g/mol. The van der Waals surface area contributed by atoms with Gasteiger partial charge in [0.05, 0.1) is 35.7 Å². The molecule has 3 unspecified atom stereocenters. The number of Topliss-reactive ketones (excluding diaryl/α,β-unsaturated/α-hetero) is 3. The normalized spacial score (nSPS) is 12.1. The quantitative estimate of drug-likeness (QED) is 0.0957. The Balaban J connectivity index is -0.000000265. The summed E-state index contributed by atoms with van der Waals surface area (Å²) >= 11 is 0. The number of hydrogen-bond donors (Lipinski definition) is 0. The van der Waals surface area contributed by atoms with Crippen LogP contribution >= 0.6 is 0 Å². The van der Waals surface area contributed by atoms with Gasteiger partial charge in [0.15, 0.2) is 0 Å². The third-order valence-electron chi connectivity index (χ3n) is 6.93. The average Bonchev–Trinajstić information content (AvgIpc) is 2.87. The molecule has 3 atom stereocenters. The predicted octanol–water partition coefficient (Wildman–Crippen LogP) is 3.14. The van der Waals surface area contributed by atoms with Gasteiger partial charge in [-0.2, -0.15) is 0 Å². The maximum atomic E-state index is 11.0. The molecule has 0 aromatic rings. The Morgan fingerprint density at radius 1 is 0.429 bits per heavy atom. The maximum Gasteiger partial charge on any atom is 3.00 e. The Labute approximate surface area is 264 Å². The van der Waals surface area contributed by atoms with Crippen molar-refractivity contribution in [1.82, 2.24) is 0 Å². The van der Waals surface area contributed by atoms with Gasteiger partial charge in [0.2, 0.25) is 0 Å². The van der Waals surface area contributed by atoms with Crippen molar-refractivity contribution in [2.45, 2.75) is 151 Å². The number of carboxylic acids is 3. The Bertz CT molecular complexity index is 664. The molecular formula is C32H55AlO9. The molecule has 42 heavy (non-hydrogen) atoms. The monoisotopic (exact) mass is 610 g/mol. The van der Waals surface area contributed by atoms with Crippen molar-refractivity contribution in [3.8, 4) is 0 Å². The third-order valence-corrected chi connectivity index (χ3v) is 6.93. The predicted molar refractivity (Wildman–Crippen MR) is 159 cm³/mol. The number of unbranched alkanes of at least 4 members (excludes halogenated alkanes) is 12. The van der Waals surface area contributed by atoms with Gasteiger partial charge in [-0.05, 0) is 40.0 Å². The van der Waals surface area contributed by atoms with Gasteiger partial charge < -0.3 is 29.7 Å². The molecule has 240 valence electrons. The molecule has 0 spiro atoms. The molecule has 0 saturated heterocycles. The van der Waals surface area contributed by atoms with E-state index in [-0.39, 0.29) is 34.7 Å². The molecule has 0 N–H and O–H groups in total. The van der Waals surface area contributed by atoms with Gasteiger partial charge in [0, 0.05) is 0 Å². The number of carbonyl (C=O) groups excluding carboxylic acids is 6. The number of ketones is 3. The van der Waals surface area contributed by atoms with Crippen LogP contribution in [0.1, 0.15) is 151 Å². The first kappa shape index (κ1) is 46.9. The van der Waals surface area contributed by atoms with Gasteiger partial charge in [-0.1, -0.05) is 111 Å². The summed E-state index contributed by atoms with van der Waals surface area (Å²) in [5, 5.41) is 31.3. The van der Waals surface area contributed by atoms with E-state index >= 15 is 0 Å². The van der Waals surface area contributed by atoms with Crippen molar-refractivity contribution in [2.75, 3.05) is 0 Å². The number of hydrogen-bond acceptors (Lipinski definition) is 9. The van der Waals surface area contributed by atoms with Gasteiger partial charge >= 0.3 is 17.4 Å². The van der Waals surface area contributed by atoms with Crippen LogP contribution in [0.15, 0.2) is 0 Å². The maximum absolute atomic E-state index is 11.0. The topological polar surface area (TPSA) is 172 Å². The summed E-state index contributed by atoms with van der Waals surface area (Å²) in [7, 11) is 0. The molecule has 0 heterocycles. The minimum absolute atomic E-state index is 0. The van der Waals surface area contributed by atoms with Gasteiger partial charge in [0.25, 0.3) is 0 Å². The Morgan fingerprint density at radius 3 is 0.833 bits per heavy atom. The molecule has 0 radical (unpaired) electrons. The number of aliphatic carboxylic acids is 3. The summed E-state index contributed by atoms with van der Waals surface area (Å²) in [5.41, 5.74) is 0. The van der Waals surface area contributed by atoms with Crippen LogP contribution in [0.25, 0.3) is 0 Å². The molecule has 0 aliphatic heterocycles. The summed E-state index contributed by atoms with van der Waals surface area (Å²) in [6, 6.07) is 0. The fourth-order valence-electron chi connectivity index (χ4n) is 4.21. The molecule has 0 saturated carbocycles. The van der Waals surface area contributed by atoms with Crippen molar-refractivity contribution in [3.63, 3.8) is 0 Å². The molecule has 0 aromatic heterocycles. The van der Waals surface area contributed by atoms with Crippen molar-refractivity contribution >= 4 is 52.6 Å². The summed E-state index contributed by atoms with van der Waals surface area (Å²) < 4.78 is 0. The fraction of sp³-hybridized carbons (Fsp3) is 0.812. The van der Waals surface area contributed by atoms with Crippen molar-refractivity contribution in [3.05, 3.63) is 0 Å². The minimum Gasteiger partial charge on any atom is -0.549 e. The van der Waals surface area contributed by atoms with Crippen LogP contribution in [-0.2, 0) is 28.8 Å². The standard InChI is InChI=1S/2C13H24O3.C6H10O3.Al/c2*1-3-4-5-6-7-8-9-10-12(11(2)14)13(15)16;1-3-5(4(2)7)6(8)9;/h2*12H,3-10H2,1-2H3,(H,15,16);5H,3H2,1-2H3,(H,8,9);/q;;;+3/p-3. The molecule has 0 rings (SSSR count). The smallest absolute Gasteiger partial charge is 0.549 e. The second kappa shape index (κ2) is 31.9. The molecular weight excluding hydrogens is 555 g/mol. The molecule has 0 fully saturated rings. The van der Waals surface area contributed by atoms with Gasteiger partial charge in [0.1, 0.15) is 17.3 Å². The van der Waals surface area contributed by atoms with Crippen LogP contribution < -0.4 is 15.3 Å². The summed E-state index contributed by atoms with van der Waals surface area (Å²) in [4.78, 5) is 63.6. The Hall–Kier alpha value is -2.05. The van der Waals surface area contributed by atoms with Crippen LogP contribution in [-0.4, -0.2) is 52.6 Å². The molecule has 10 heteroatoms. The molecule has 0 aromatic carbocycles. The molecule has 0 aliphatic rings. The molecule has 0 bridgehead atoms. The molecule has 0 aliphatic carbocycles. The number of carboxylic acid groups (broad SMARTS) is 3. The van der Waals surface area contributed by atoms with E-state index in [1.165, 1.54) is 72.1 Å². The summed E-state index contributed by atoms with van der Waals surface area (Å²) in [6.45, 7) is 9.89. The number of rotatable bonds is 23. The first-order chi connectivity index (χ1) is 19.3. The molecule has 0 amide bonds. The summed E-state index contributed by atoms with van der Waals surface area (Å²) in [6.07, 6.45) is 17.1. The van der Waals surface area contributed by atoms with Crippen LogP contribution in [0.5, 0.6) is 0 Å². The molecule has 9 nitrogen and oxygen atoms in total. The van der Waals surface area contributed by atoms with E-state index in [0.29, 0.717) is 19.3 Å². The summed E-state index contributed by atoms with van der Waals surface area (Å²) in [5.74, 6) is -7.33. The van der Waals surface area contributed by atoms with Crippen LogP contribution in [0.4, 0.5) is 0 Å². The van der Waals surface area contributed by atoms with E-state index in [2.05, 4.69) is 13.8 Å². The Kier molecular flexibility index (Phi) is 35.6. The van der Waals surface area contributed by atoms with E-state index in [1.807, 2.05) is 0 Å². The fourth-order valence-corrected chi connectivity index (χ4v) is 4.21. The zero-order valence-corrected chi connectivity index (χ0v) is 28.2. The zero-order chi connectivity index (χ0) is 32.2. The third kappa shape index (κ3) is 29.4. The van der Waals surface area contributed by atoms with E-state index in [4.69, 9.17) is 0 Å². The van der Waals surface area contributed by atoms with Crippen molar-refractivity contribution in [1.29, 1.82) is 0 Å². The second-order valence-electron chi connectivity index (χ2n) is 10.7. The van der Waals surface area contributed by atoms with Crippen LogP contribution in [0.3, 0.4) is 0 Å². The van der Waals surface area contributed by atoms with Gasteiger partial charge in [-0.3, -0.25) is 14.4 Å². The van der Waals surface area contributed by atoms with Gasteiger partial charge in [-0.15, -0.1) is 0 Å². The largest absolute Gasteiger partial charge is 3.00 e. The zero-order valence-electron chi connectivity index (χ0n) is 27.0. The second-order valence-corrected chi connectivity index (χ2v) is 10.7. The van der Waals surface area contributed by atoms with Crippen molar-refractivity contribution < 1.29 is 44.1 Å². The van der Waals surface area contributed by atoms with Gasteiger partial charge in [-0.25, -0.2) is 0 Å². The first-order valence-corrected chi connectivity index (χ1v) is 15.4. The van der Waals surface area contributed by atoms with E-state index in [9.17, 15) is 44.1 Å². The van der Waals surface area contributed by atoms with Crippen LogP contribution in [0, 0.1) is 17.8 Å². The van der Waals surface area contributed by atoms with Crippen LogP contribution in [0.2, 0.25) is 0 Å². The van der Waals surface area contributed by atoms with E-state index in [1.54, 1.807) is 6.92 Å². The van der Waals surface area contributed by atoms with E-state index in [0.717, 1.165) is 38.5 Å². The first-order valence-electron chi connectivity index (χ1n) is 15.4. The minimum atomic E-state index is -1.27. The Morgan fingerprint density at radius 2 is 0.667 bits per heavy atom. The van der Waals surface area contributed by atoms with E-state index < -0.39 is 35.7 Å². The SMILES string of the molecule is CCC(C(C)=O)C(=O)[O-].CCCCCCCCCC(C(C)=O)C(=O)[O-].CCCCCCCCCC(C(C)=O)C(=O)[O-].[Al+3]. The number of carbonyl (C=O) groups is 6.